The number of rotatable bonds is 6. The van der Waals surface area contributed by atoms with E-state index in [-0.39, 0.29) is 11.4 Å². The highest BCUT2D eigenvalue weighted by Crippen LogP contribution is 2.52. The van der Waals surface area contributed by atoms with Crippen LogP contribution in [0, 0.1) is 5.41 Å². The maximum atomic E-state index is 11.5. The van der Waals surface area contributed by atoms with Gasteiger partial charge in [0.05, 0.1) is 19.7 Å². The lowest BCUT2D eigenvalue weighted by Crippen LogP contribution is -2.14. The van der Waals surface area contributed by atoms with Gasteiger partial charge >= 0.3 is 5.97 Å². The minimum Gasteiger partial charge on any atom is -0.469 e. The molecule has 21 heavy (non-hydrogen) atoms. The highest BCUT2D eigenvalue weighted by atomic mass is 32.2. The Morgan fingerprint density at radius 1 is 1.62 bits per heavy atom. The molecule has 0 atom stereocenters. The van der Waals surface area contributed by atoms with E-state index in [2.05, 4.69) is 15.4 Å². The van der Waals surface area contributed by atoms with Crippen LogP contribution in [-0.4, -0.2) is 33.2 Å². The Bertz CT molecular complexity index is 668. The van der Waals surface area contributed by atoms with Crippen molar-refractivity contribution in [2.45, 2.75) is 24.3 Å². The Labute approximate surface area is 126 Å². The number of hydrogen-bond donors (Lipinski definition) is 2. The Hall–Kier alpha value is -1.80. The van der Waals surface area contributed by atoms with Crippen molar-refractivity contribution in [2.75, 3.05) is 18.3 Å². The van der Waals surface area contributed by atoms with Crippen LogP contribution in [0.5, 0.6) is 0 Å². The summed E-state index contributed by atoms with van der Waals surface area (Å²) in [6.45, 7) is 0. The van der Waals surface area contributed by atoms with Crippen molar-refractivity contribution >= 4 is 29.2 Å². The van der Waals surface area contributed by atoms with E-state index >= 15 is 0 Å². The molecule has 2 heterocycles. The molecule has 7 nitrogen and oxygen atoms in total. The molecule has 0 spiro atoms. The summed E-state index contributed by atoms with van der Waals surface area (Å²) in [6, 6.07) is 0. The molecule has 2 aromatic rings. The number of nitrogens with two attached hydrogens (primary N) is 1. The van der Waals surface area contributed by atoms with E-state index < -0.39 is 0 Å². The van der Waals surface area contributed by atoms with Gasteiger partial charge in [0.2, 0.25) is 0 Å². The van der Waals surface area contributed by atoms with Gasteiger partial charge in [-0.15, -0.1) is 11.8 Å². The Kier molecular flexibility index (Phi) is 3.73. The second kappa shape index (κ2) is 5.53. The van der Waals surface area contributed by atoms with Gasteiger partial charge in [-0.2, -0.15) is 0 Å². The second-order valence-corrected chi connectivity index (χ2v) is 6.24. The molecule has 1 aliphatic carbocycles. The molecule has 1 aliphatic rings. The first kappa shape index (κ1) is 14.2. The van der Waals surface area contributed by atoms with Gasteiger partial charge in [0.15, 0.2) is 11.5 Å². The number of thioether (sulfide) groups is 1. The Morgan fingerprint density at radius 2 is 2.43 bits per heavy atom. The second-order valence-electron chi connectivity index (χ2n) is 5.28. The van der Waals surface area contributed by atoms with Crippen LogP contribution in [0.3, 0.4) is 0 Å². The Morgan fingerprint density at radius 3 is 3.10 bits per heavy atom. The van der Waals surface area contributed by atoms with E-state index in [1.165, 1.54) is 7.11 Å². The van der Waals surface area contributed by atoms with Gasteiger partial charge < -0.3 is 14.6 Å². The SMILES string of the molecule is COC(=O)CC1(CSc2nc(NN)cn3ccnc23)CC1. The molecular weight excluding hydrogens is 290 g/mol. The summed E-state index contributed by atoms with van der Waals surface area (Å²) in [5, 5.41) is 0.812. The fourth-order valence-electron chi connectivity index (χ4n) is 2.22. The fraction of sp³-hybridized carbons (Fsp3) is 0.462. The van der Waals surface area contributed by atoms with Gasteiger partial charge in [0.1, 0.15) is 5.03 Å². The largest absolute Gasteiger partial charge is 0.469 e. The monoisotopic (exact) mass is 307 g/mol. The highest BCUT2D eigenvalue weighted by Gasteiger charge is 2.44. The fourth-order valence-corrected chi connectivity index (χ4v) is 3.50. The number of fused-ring (bicyclic) bond motifs is 1. The van der Waals surface area contributed by atoms with Crippen LogP contribution in [0.1, 0.15) is 19.3 Å². The zero-order valence-electron chi connectivity index (χ0n) is 11.7. The number of ether oxygens (including phenoxy) is 1. The number of hydrogen-bond acceptors (Lipinski definition) is 7. The first-order valence-electron chi connectivity index (χ1n) is 6.66. The molecule has 0 amide bonds. The van der Waals surface area contributed by atoms with Crippen molar-refractivity contribution in [1.29, 1.82) is 0 Å². The van der Waals surface area contributed by atoms with Gasteiger partial charge in [-0.25, -0.2) is 15.8 Å². The highest BCUT2D eigenvalue weighted by molar-refractivity contribution is 7.99. The van der Waals surface area contributed by atoms with Gasteiger partial charge in [-0.3, -0.25) is 4.79 Å². The predicted octanol–water partition coefficient (Wildman–Crippen LogP) is 1.45. The number of carbonyl (C=O) groups excluding carboxylic acids is 1. The number of aromatic nitrogens is 3. The molecule has 3 N–H and O–H groups in total. The molecule has 0 aromatic carbocycles. The summed E-state index contributed by atoms with van der Waals surface area (Å²) in [7, 11) is 1.43. The third-order valence-corrected chi connectivity index (χ3v) is 5.01. The van der Waals surface area contributed by atoms with E-state index in [9.17, 15) is 4.79 Å². The number of anilines is 1. The molecule has 1 saturated carbocycles. The quantitative estimate of drug-likeness (QED) is 0.361. The number of imidazole rings is 1. The third-order valence-electron chi connectivity index (χ3n) is 3.71. The number of nitrogens with one attached hydrogen (secondary N) is 1. The molecule has 8 heteroatoms. The number of nitrogen functional groups attached to an aromatic ring is 1. The van der Waals surface area contributed by atoms with E-state index in [1.807, 2.05) is 10.6 Å². The number of hydrazine groups is 1. The average Bonchev–Trinajstić information content (AvgIpc) is 3.09. The van der Waals surface area contributed by atoms with Crippen molar-refractivity contribution in [3.8, 4) is 0 Å². The molecule has 1 fully saturated rings. The van der Waals surface area contributed by atoms with Gasteiger partial charge in [0.25, 0.3) is 0 Å². The Balaban J connectivity index is 1.76. The summed E-state index contributed by atoms with van der Waals surface area (Å²) in [4.78, 5) is 20.2. The lowest BCUT2D eigenvalue weighted by molar-refractivity contribution is -0.141. The molecule has 0 aliphatic heterocycles. The summed E-state index contributed by atoms with van der Waals surface area (Å²) in [6.07, 6.45) is 7.93. The number of nitrogens with zero attached hydrogens (tertiary/aromatic N) is 3. The van der Waals surface area contributed by atoms with E-state index in [0.29, 0.717) is 12.2 Å². The first-order chi connectivity index (χ1) is 10.2. The molecular formula is C13H17N5O2S. The number of esters is 1. The van der Waals surface area contributed by atoms with Crippen LogP contribution in [0.2, 0.25) is 0 Å². The van der Waals surface area contributed by atoms with Crippen LogP contribution >= 0.6 is 11.8 Å². The zero-order chi connectivity index (χ0) is 14.9. The van der Waals surface area contributed by atoms with Crippen molar-refractivity contribution in [3.63, 3.8) is 0 Å². The van der Waals surface area contributed by atoms with Crippen LogP contribution < -0.4 is 11.3 Å². The minimum absolute atomic E-state index is 0.0508. The molecule has 0 bridgehead atoms. The van der Waals surface area contributed by atoms with Crippen LogP contribution in [0.25, 0.3) is 5.65 Å². The zero-order valence-corrected chi connectivity index (χ0v) is 12.5. The first-order valence-corrected chi connectivity index (χ1v) is 7.64. The predicted molar refractivity (Wildman–Crippen MR) is 79.8 cm³/mol. The number of carbonyl (C=O) groups is 1. The molecule has 112 valence electrons. The van der Waals surface area contributed by atoms with Crippen molar-refractivity contribution < 1.29 is 9.53 Å². The van der Waals surface area contributed by atoms with Crippen molar-refractivity contribution in [2.24, 2.45) is 11.3 Å². The summed E-state index contributed by atoms with van der Waals surface area (Å²) in [5.74, 6) is 6.70. The summed E-state index contributed by atoms with van der Waals surface area (Å²) >= 11 is 1.61. The van der Waals surface area contributed by atoms with Crippen molar-refractivity contribution in [1.82, 2.24) is 14.4 Å². The van der Waals surface area contributed by atoms with Crippen molar-refractivity contribution in [3.05, 3.63) is 18.6 Å². The van der Waals surface area contributed by atoms with E-state index in [4.69, 9.17) is 10.6 Å². The van der Waals surface area contributed by atoms with E-state index in [0.717, 1.165) is 29.3 Å². The topological polar surface area (TPSA) is 94.5 Å². The van der Waals surface area contributed by atoms with Gasteiger partial charge in [-0.05, 0) is 18.3 Å². The van der Waals surface area contributed by atoms with Gasteiger partial charge in [-0.1, -0.05) is 0 Å². The lowest BCUT2D eigenvalue weighted by atomic mass is 10.1. The van der Waals surface area contributed by atoms with Crippen LogP contribution in [0.15, 0.2) is 23.6 Å². The van der Waals surface area contributed by atoms with Gasteiger partial charge in [0, 0.05) is 18.1 Å². The summed E-state index contributed by atoms with van der Waals surface area (Å²) < 4.78 is 6.65. The molecule has 0 radical (unpaired) electrons. The molecule has 3 rings (SSSR count). The molecule has 2 aromatic heterocycles. The average molecular weight is 307 g/mol. The molecule has 0 unspecified atom stereocenters. The maximum absolute atomic E-state index is 11.5. The normalized spacial score (nSPS) is 15.9. The lowest BCUT2D eigenvalue weighted by Gasteiger charge is -2.13. The maximum Gasteiger partial charge on any atom is 0.306 e. The van der Waals surface area contributed by atoms with Crippen LogP contribution in [-0.2, 0) is 9.53 Å². The van der Waals surface area contributed by atoms with Crippen LogP contribution in [0.4, 0.5) is 5.82 Å². The number of methoxy groups -OCH3 is 1. The molecule has 0 saturated heterocycles. The third kappa shape index (κ3) is 2.96. The minimum atomic E-state index is -0.149. The smallest absolute Gasteiger partial charge is 0.306 e. The van der Waals surface area contributed by atoms with E-state index in [1.54, 1.807) is 24.2 Å². The standard InChI is InChI=1S/C13H17N5O2S/c1-20-10(19)6-13(2-3-13)8-21-12-11-15-4-5-18(11)7-9(16-12)17-14/h4-5,7,17H,2-3,6,8,14H2,1H3. The summed E-state index contributed by atoms with van der Waals surface area (Å²) in [5.41, 5.74) is 3.41.